The van der Waals surface area contributed by atoms with Crippen molar-refractivity contribution in [2.24, 2.45) is 5.11 Å². The highest BCUT2D eigenvalue weighted by atomic mass is 16.8. The molecule has 0 aliphatic carbocycles. The van der Waals surface area contributed by atoms with Crippen LogP contribution in [0.2, 0.25) is 0 Å². The molecule has 3 aromatic carbocycles. The monoisotopic (exact) mass is 789 g/mol. The minimum absolute atomic E-state index is 0.0240. The molecule has 2 aliphatic rings. The van der Waals surface area contributed by atoms with Crippen LogP contribution in [0.15, 0.2) is 109 Å². The number of hydrogen-bond acceptors (Lipinski definition) is 14. The van der Waals surface area contributed by atoms with Crippen LogP contribution in [0.5, 0.6) is 0 Å². The van der Waals surface area contributed by atoms with Gasteiger partial charge in [0.1, 0.15) is 43.2 Å². The van der Waals surface area contributed by atoms with Gasteiger partial charge >= 0.3 is 17.9 Å². The molecule has 0 N–H and O–H groups in total. The van der Waals surface area contributed by atoms with Crippen molar-refractivity contribution in [1.82, 2.24) is 0 Å². The lowest BCUT2D eigenvalue weighted by Gasteiger charge is -2.48. The first-order chi connectivity index (χ1) is 27.7. The summed E-state index contributed by atoms with van der Waals surface area (Å²) in [4.78, 5) is 41.4. The predicted molar refractivity (Wildman–Crippen MR) is 201 cm³/mol. The molecular weight excluding hydrogens is 742 g/mol. The summed E-state index contributed by atoms with van der Waals surface area (Å²) in [7, 11) is 1.16. The van der Waals surface area contributed by atoms with Gasteiger partial charge in [-0.15, -0.1) is 6.58 Å². The number of azide groups is 1. The Morgan fingerprint density at radius 2 is 1.26 bits per heavy atom. The van der Waals surface area contributed by atoms with Gasteiger partial charge in [0.2, 0.25) is 0 Å². The third kappa shape index (κ3) is 12.2. The molecule has 304 valence electrons. The van der Waals surface area contributed by atoms with Crippen LogP contribution >= 0.6 is 0 Å². The second kappa shape index (κ2) is 22.0. The van der Waals surface area contributed by atoms with Crippen molar-refractivity contribution in [2.45, 2.75) is 95.0 Å². The van der Waals surface area contributed by atoms with E-state index < -0.39 is 79.3 Å². The van der Waals surface area contributed by atoms with Gasteiger partial charge in [-0.05, 0) is 22.2 Å². The summed E-state index contributed by atoms with van der Waals surface area (Å²) in [6, 6.07) is 26.5. The van der Waals surface area contributed by atoms with Crippen molar-refractivity contribution in [3.63, 3.8) is 0 Å². The maximum atomic E-state index is 13.5. The Bertz CT molecular complexity index is 1780. The van der Waals surface area contributed by atoms with E-state index in [0.717, 1.165) is 23.8 Å². The Balaban J connectivity index is 1.57. The Kier molecular flexibility index (Phi) is 16.6. The van der Waals surface area contributed by atoms with Crippen molar-refractivity contribution >= 4 is 17.9 Å². The SMILES string of the molecule is C=CCO[C@@H]1O[C@H](C(=O)OC)[C@@H](O[C@@H]2O[C@@H](COC(C)=O)[C@H](OCc3ccccc3)[C@@H](OCc3ccccc3)[C@@H]2N=[N+]=[N-])[C@H](OCc2ccccc2)[C@H]1OC(C)=O. The van der Waals surface area contributed by atoms with Gasteiger partial charge in [-0.1, -0.05) is 102 Å². The van der Waals surface area contributed by atoms with Crippen molar-refractivity contribution in [1.29, 1.82) is 0 Å². The van der Waals surface area contributed by atoms with E-state index in [4.69, 9.17) is 47.4 Å². The summed E-state index contributed by atoms with van der Waals surface area (Å²) in [6.07, 6.45) is -10.1. The number of ether oxygens (including phenoxy) is 10. The maximum absolute atomic E-state index is 13.5. The first-order valence-corrected chi connectivity index (χ1v) is 18.3. The summed E-state index contributed by atoms with van der Waals surface area (Å²) in [5.74, 6) is -2.17. The molecule has 2 fully saturated rings. The normalized spacial score (nSPS) is 27.0. The van der Waals surface area contributed by atoms with Gasteiger partial charge in [0.25, 0.3) is 0 Å². The standard InChI is InChI=1S/C41H47N3O13/c1-5-21-49-41-38(54-27(3)46)35(53-24-30-19-13-8-14-20-30)36(37(57-41)39(47)48-4)56-40-32(43-44-42)34(52-23-29-17-11-7-12-18-29)33(31(55-40)25-50-26(2)45)51-22-28-15-9-6-10-16-28/h5-20,31-38,40-41H,1,21-25H2,2-4H3/t31-,32-,33-,34-,35-,36-,37-,38+,40-,41+/m0/s1. The molecule has 0 amide bonds. The van der Waals surface area contributed by atoms with E-state index in [-0.39, 0.29) is 33.0 Å². The Hall–Kier alpha value is -5.16. The Morgan fingerprint density at radius 3 is 1.75 bits per heavy atom. The lowest BCUT2D eigenvalue weighted by Crippen LogP contribution is -2.66. The first kappa shape index (κ1) is 43.0. The molecule has 16 nitrogen and oxygen atoms in total. The molecule has 3 aromatic rings. The lowest BCUT2D eigenvalue weighted by atomic mass is 9.95. The number of esters is 3. The molecule has 2 aliphatic heterocycles. The molecule has 57 heavy (non-hydrogen) atoms. The van der Waals surface area contributed by atoms with Crippen LogP contribution in [0.1, 0.15) is 30.5 Å². The van der Waals surface area contributed by atoms with Crippen LogP contribution in [0.25, 0.3) is 10.4 Å². The van der Waals surface area contributed by atoms with Crippen molar-refractivity contribution < 1.29 is 61.8 Å². The van der Waals surface area contributed by atoms with Gasteiger partial charge in [-0.3, -0.25) is 9.59 Å². The molecular formula is C41H47N3O13. The molecule has 0 bridgehead atoms. The molecule has 0 saturated carbocycles. The molecule has 2 saturated heterocycles. The molecule has 0 unspecified atom stereocenters. The lowest BCUT2D eigenvalue weighted by molar-refractivity contribution is -0.348. The van der Waals surface area contributed by atoms with Gasteiger partial charge < -0.3 is 47.4 Å². The zero-order valence-electron chi connectivity index (χ0n) is 31.9. The number of rotatable bonds is 19. The average Bonchev–Trinajstić information content (AvgIpc) is 3.22. The van der Waals surface area contributed by atoms with E-state index in [1.54, 1.807) is 0 Å². The molecule has 10 atom stereocenters. The average molecular weight is 790 g/mol. The van der Waals surface area contributed by atoms with Crippen LogP contribution in [-0.2, 0) is 81.6 Å². The summed E-state index contributed by atoms with van der Waals surface area (Å²) in [5, 5.41) is 4.09. The summed E-state index contributed by atoms with van der Waals surface area (Å²) < 4.78 is 60.8. The highest BCUT2D eigenvalue weighted by Crippen LogP contribution is 2.36. The van der Waals surface area contributed by atoms with Crippen LogP contribution in [0.4, 0.5) is 0 Å². The molecule has 0 radical (unpaired) electrons. The van der Waals surface area contributed by atoms with E-state index in [2.05, 4.69) is 16.6 Å². The first-order valence-electron chi connectivity index (χ1n) is 18.3. The van der Waals surface area contributed by atoms with Gasteiger partial charge in [-0.2, -0.15) is 0 Å². The van der Waals surface area contributed by atoms with Gasteiger partial charge in [0, 0.05) is 18.8 Å². The van der Waals surface area contributed by atoms with E-state index in [9.17, 15) is 19.9 Å². The second-order valence-electron chi connectivity index (χ2n) is 13.1. The fourth-order valence-corrected chi connectivity index (χ4v) is 6.44. The summed E-state index contributed by atoms with van der Waals surface area (Å²) in [5.41, 5.74) is 12.3. The predicted octanol–water partition coefficient (Wildman–Crippen LogP) is 5.13. The fraction of sp³-hybridized carbons (Fsp3) is 0.439. The number of nitrogens with zero attached hydrogens (tertiary/aromatic N) is 3. The van der Waals surface area contributed by atoms with Gasteiger partial charge in [0.15, 0.2) is 24.8 Å². The van der Waals surface area contributed by atoms with Crippen LogP contribution in [0, 0.1) is 0 Å². The smallest absolute Gasteiger partial charge is 0.337 e. The zero-order chi connectivity index (χ0) is 40.6. The molecule has 0 aromatic heterocycles. The third-order valence-corrected chi connectivity index (χ3v) is 9.01. The van der Waals surface area contributed by atoms with Crippen LogP contribution in [0.3, 0.4) is 0 Å². The van der Waals surface area contributed by atoms with E-state index >= 15 is 0 Å². The minimum atomic E-state index is -1.56. The van der Waals surface area contributed by atoms with Crippen LogP contribution in [-0.4, -0.2) is 99.6 Å². The fourth-order valence-electron chi connectivity index (χ4n) is 6.44. The largest absolute Gasteiger partial charge is 0.467 e. The van der Waals surface area contributed by atoms with E-state index in [0.29, 0.717) is 0 Å². The zero-order valence-corrected chi connectivity index (χ0v) is 31.9. The second-order valence-corrected chi connectivity index (χ2v) is 13.1. The number of carbonyl (C=O) groups excluding carboxylic acids is 3. The highest BCUT2D eigenvalue weighted by Gasteiger charge is 2.56. The van der Waals surface area contributed by atoms with Crippen molar-refractivity contribution in [3.05, 3.63) is 131 Å². The van der Waals surface area contributed by atoms with Gasteiger partial charge in [0.05, 0.1) is 33.5 Å². The minimum Gasteiger partial charge on any atom is -0.467 e. The number of carbonyl (C=O) groups is 3. The molecule has 5 rings (SSSR count). The molecule has 16 heteroatoms. The highest BCUT2D eigenvalue weighted by molar-refractivity contribution is 5.75. The van der Waals surface area contributed by atoms with Gasteiger partial charge in [-0.25, -0.2) is 4.79 Å². The van der Waals surface area contributed by atoms with E-state index in [1.807, 2.05) is 91.0 Å². The number of benzene rings is 3. The topological polar surface area (TPSA) is 192 Å². The summed E-state index contributed by atoms with van der Waals surface area (Å²) >= 11 is 0. The molecule has 2 heterocycles. The molecule has 0 spiro atoms. The third-order valence-electron chi connectivity index (χ3n) is 9.01. The van der Waals surface area contributed by atoms with Crippen molar-refractivity contribution in [3.8, 4) is 0 Å². The quantitative estimate of drug-likeness (QED) is 0.0388. The Labute approximate surface area is 330 Å². The summed E-state index contributed by atoms with van der Waals surface area (Å²) in [6.45, 7) is 5.90. The van der Waals surface area contributed by atoms with Crippen molar-refractivity contribution in [2.75, 3.05) is 20.3 Å². The Morgan fingerprint density at radius 1 is 0.719 bits per heavy atom. The van der Waals surface area contributed by atoms with E-state index in [1.165, 1.54) is 19.9 Å². The number of hydrogen-bond donors (Lipinski definition) is 0. The van der Waals surface area contributed by atoms with Crippen LogP contribution < -0.4 is 0 Å². The maximum Gasteiger partial charge on any atom is 0.337 e. The number of methoxy groups -OCH3 is 1.